The van der Waals surface area contributed by atoms with Crippen molar-refractivity contribution >= 4 is 35.0 Å². The molecule has 1 fully saturated rings. The van der Waals surface area contributed by atoms with Crippen molar-refractivity contribution in [2.75, 3.05) is 32.9 Å². The van der Waals surface area contributed by atoms with Crippen LogP contribution in [-0.2, 0) is 17.8 Å². The predicted molar refractivity (Wildman–Crippen MR) is 115 cm³/mol. The Kier molecular flexibility index (Phi) is 7.57. The van der Waals surface area contributed by atoms with E-state index in [1.807, 2.05) is 30.3 Å². The third-order valence-electron chi connectivity index (χ3n) is 4.81. The number of morpholine rings is 1. The number of imidazole rings is 1. The molecule has 2 aromatic carbocycles. The molecule has 3 aromatic rings. The maximum Gasteiger partial charge on any atom is 0.124 e. The van der Waals surface area contributed by atoms with Crippen molar-refractivity contribution in [3.05, 3.63) is 59.4 Å². The molecule has 1 aromatic heterocycles. The summed E-state index contributed by atoms with van der Waals surface area (Å²) in [5, 5.41) is 0.722. The molecule has 0 unspecified atom stereocenters. The van der Waals surface area contributed by atoms with Gasteiger partial charge >= 0.3 is 0 Å². The Hall–Kier alpha value is -1.79. The molecular formula is C21H25Cl2N3O2. The minimum absolute atomic E-state index is 0. The Balaban J connectivity index is 0.00000225. The summed E-state index contributed by atoms with van der Waals surface area (Å²) in [7, 11) is 0. The first-order chi connectivity index (χ1) is 13.3. The smallest absolute Gasteiger partial charge is 0.124 e. The Morgan fingerprint density at radius 3 is 2.57 bits per heavy atom. The zero-order chi connectivity index (χ0) is 18.5. The summed E-state index contributed by atoms with van der Waals surface area (Å²) < 4.78 is 13.6. The number of hydrogen-bond acceptors (Lipinski definition) is 4. The largest absolute Gasteiger partial charge is 0.494 e. The van der Waals surface area contributed by atoms with E-state index >= 15 is 0 Å². The normalized spacial score (nSPS) is 14.8. The topological polar surface area (TPSA) is 39.5 Å². The van der Waals surface area contributed by atoms with Crippen LogP contribution in [0.1, 0.15) is 12.2 Å². The Bertz CT molecular complexity index is 877. The molecule has 0 bridgehead atoms. The fourth-order valence-electron chi connectivity index (χ4n) is 3.40. The van der Waals surface area contributed by atoms with Gasteiger partial charge in [0.1, 0.15) is 11.6 Å². The number of nitrogens with zero attached hydrogens (tertiary/aromatic N) is 3. The summed E-state index contributed by atoms with van der Waals surface area (Å²) in [6.45, 7) is 5.92. The highest BCUT2D eigenvalue weighted by atomic mass is 35.5. The minimum Gasteiger partial charge on any atom is -0.494 e. The highest BCUT2D eigenvalue weighted by Gasteiger charge is 2.16. The second kappa shape index (κ2) is 10.1. The first-order valence-electron chi connectivity index (χ1n) is 9.42. The molecule has 150 valence electrons. The van der Waals surface area contributed by atoms with E-state index < -0.39 is 0 Å². The van der Waals surface area contributed by atoms with Gasteiger partial charge in [-0.25, -0.2) is 4.98 Å². The van der Waals surface area contributed by atoms with Gasteiger partial charge in [-0.1, -0.05) is 23.7 Å². The second-order valence-electron chi connectivity index (χ2n) is 6.71. The van der Waals surface area contributed by atoms with E-state index in [1.165, 1.54) is 5.52 Å². The number of benzene rings is 2. The SMILES string of the molecule is Cl.Clc1ccc(OCCCn2c(CN3CCOCC3)nc3ccccc32)cc1. The van der Waals surface area contributed by atoms with Gasteiger partial charge in [0.05, 0.1) is 37.4 Å². The molecule has 0 N–H and O–H groups in total. The number of rotatable bonds is 7. The van der Waals surface area contributed by atoms with Gasteiger partial charge in [0.25, 0.3) is 0 Å². The molecule has 5 nitrogen and oxygen atoms in total. The van der Waals surface area contributed by atoms with E-state index in [0.29, 0.717) is 6.61 Å². The van der Waals surface area contributed by atoms with Crippen LogP contribution in [-0.4, -0.2) is 47.4 Å². The maximum absolute atomic E-state index is 5.92. The third kappa shape index (κ3) is 5.17. The van der Waals surface area contributed by atoms with Crippen molar-refractivity contribution in [1.82, 2.24) is 14.5 Å². The van der Waals surface area contributed by atoms with Crippen LogP contribution in [0.5, 0.6) is 5.75 Å². The minimum atomic E-state index is 0. The summed E-state index contributed by atoms with van der Waals surface area (Å²) >= 11 is 5.92. The number of para-hydroxylation sites is 2. The zero-order valence-electron chi connectivity index (χ0n) is 15.7. The van der Waals surface area contributed by atoms with Crippen molar-refractivity contribution in [3.63, 3.8) is 0 Å². The number of fused-ring (bicyclic) bond motifs is 1. The van der Waals surface area contributed by atoms with Gasteiger partial charge in [-0.15, -0.1) is 12.4 Å². The van der Waals surface area contributed by atoms with E-state index in [2.05, 4.69) is 27.7 Å². The standard InChI is InChI=1S/C21H24ClN3O2.ClH/c22-17-6-8-18(9-7-17)27-13-3-10-25-20-5-2-1-4-19(20)23-21(25)16-24-11-14-26-15-12-24;/h1-2,4-9H,3,10-16H2;1H. The van der Waals surface area contributed by atoms with E-state index in [1.54, 1.807) is 0 Å². The highest BCUT2D eigenvalue weighted by Crippen LogP contribution is 2.19. The number of aryl methyl sites for hydroxylation is 1. The number of aromatic nitrogens is 2. The van der Waals surface area contributed by atoms with Gasteiger partial charge in [0, 0.05) is 24.7 Å². The van der Waals surface area contributed by atoms with Crippen molar-refractivity contribution in [2.24, 2.45) is 0 Å². The van der Waals surface area contributed by atoms with Crippen molar-refractivity contribution in [1.29, 1.82) is 0 Å². The van der Waals surface area contributed by atoms with E-state index in [-0.39, 0.29) is 12.4 Å². The lowest BCUT2D eigenvalue weighted by Gasteiger charge is -2.26. The average molecular weight is 422 g/mol. The predicted octanol–water partition coefficient (Wildman–Crippen LogP) is 4.41. The summed E-state index contributed by atoms with van der Waals surface area (Å²) in [5.41, 5.74) is 2.24. The molecule has 0 amide bonds. The van der Waals surface area contributed by atoms with Crippen LogP contribution in [0.3, 0.4) is 0 Å². The monoisotopic (exact) mass is 421 g/mol. The number of halogens is 2. The summed E-state index contributed by atoms with van der Waals surface area (Å²) in [6.07, 6.45) is 0.916. The first kappa shape index (κ1) is 20.9. The Morgan fingerprint density at radius 1 is 1.04 bits per heavy atom. The molecule has 2 heterocycles. The van der Waals surface area contributed by atoms with Gasteiger partial charge in [0.2, 0.25) is 0 Å². The number of ether oxygens (including phenoxy) is 2. The molecule has 28 heavy (non-hydrogen) atoms. The molecule has 4 rings (SSSR count). The zero-order valence-corrected chi connectivity index (χ0v) is 17.3. The summed E-state index contributed by atoms with van der Waals surface area (Å²) in [5.74, 6) is 1.97. The highest BCUT2D eigenvalue weighted by molar-refractivity contribution is 6.30. The van der Waals surface area contributed by atoms with Crippen LogP contribution in [0.4, 0.5) is 0 Å². The number of hydrogen-bond donors (Lipinski definition) is 0. The summed E-state index contributed by atoms with van der Waals surface area (Å²) in [6, 6.07) is 15.8. The Morgan fingerprint density at radius 2 is 1.79 bits per heavy atom. The van der Waals surface area contributed by atoms with Gasteiger partial charge in [-0.3, -0.25) is 4.90 Å². The maximum atomic E-state index is 5.92. The fraction of sp³-hybridized carbons (Fsp3) is 0.381. The molecule has 0 saturated carbocycles. The third-order valence-corrected chi connectivity index (χ3v) is 5.06. The van der Waals surface area contributed by atoms with Crippen LogP contribution < -0.4 is 4.74 Å². The lowest BCUT2D eigenvalue weighted by molar-refractivity contribution is 0.0326. The van der Waals surface area contributed by atoms with Crippen LogP contribution in [0.25, 0.3) is 11.0 Å². The fourth-order valence-corrected chi connectivity index (χ4v) is 3.52. The quantitative estimate of drug-likeness (QED) is 0.529. The van der Waals surface area contributed by atoms with Crippen LogP contribution in [0.2, 0.25) is 5.02 Å². The molecule has 0 aliphatic carbocycles. The van der Waals surface area contributed by atoms with Crippen LogP contribution >= 0.6 is 24.0 Å². The molecular weight excluding hydrogens is 397 g/mol. The summed E-state index contributed by atoms with van der Waals surface area (Å²) in [4.78, 5) is 7.29. The average Bonchev–Trinajstić information content (AvgIpc) is 3.04. The van der Waals surface area contributed by atoms with Gasteiger partial charge in [-0.05, 0) is 42.8 Å². The lowest BCUT2D eigenvalue weighted by Crippen LogP contribution is -2.36. The Labute approximate surface area is 176 Å². The first-order valence-corrected chi connectivity index (χ1v) is 9.80. The van der Waals surface area contributed by atoms with E-state index in [4.69, 9.17) is 26.1 Å². The van der Waals surface area contributed by atoms with E-state index in [0.717, 1.165) is 67.9 Å². The molecule has 0 spiro atoms. The van der Waals surface area contributed by atoms with E-state index in [9.17, 15) is 0 Å². The van der Waals surface area contributed by atoms with Crippen LogP contribution in [0, 0.1) is 0 Å². The molecule has 1 aliphatic heterocycles. The molecule has 1 saturated heterocycles. The van der Waals surface area contributed by atoms with Crippen molar-refractivity contribution in [3.8, 4) is 5.75 Å². The van der Waals surface area contributed by atoms with Crippen LogP contribution in [0.15, 0.2) is 48.5 Å². The second-order valence-corrected chi connectivity index (χ2v) is 7.15. The van der Waals surface area contributed by atoms with Gasteiger partial charge in [0.15, 0.2) is 0 Å². The van der Waals surface area contributed by atoms with Gasteiger partial charge < -0.3 is 14.0 Å². The van der Waals surface area contributed by atoms with Crippen molar-refractivity contribution in [2.45, 2.75) is 19.5 Å². The molecule has 0 atom stereocenters. The van der Waals surface area contributed by atoms with Crippen molar-refractivity contribution < 1.29 is 9.47 Å². The molecule has 0 radical (unpaired) electrons. The molecule has 1 aliphatic rings. The molecule has 7 heteroatoms. The van der Waals surface area contributed by atoms with Gasteiger partial charge in [-0.2, -0.15) is 0 Å². The lowest BCUT2D eigenvalue weighted by atomic mass is 10.3.